The second-order valence-corrected chi connectivity index (χ2v) is 15.8. The molecule has 0 bridgehead atoms. The molecule has 54 heavy (non-hydrogen) atoms. The molecule has 11 rings (SSSR count). The minimum atomic E-state index is -0.230. The minimum absolute atomic E-state index is 0.230. The molecular weight excluding hydrogens is 675 g/mol. The van der Waals surface area contributed by atoms with Crippen molar-refractivity contribution >= 4 is 53.2 Å². The summed E-state index contributed by atoms with van der Waals surface area (Å²) in [5.74, 6) is 0.715. The molecule has 3 heterocycles. The molecule has 0 N–H and O–H groups in total. The van der Waals surface area contributed by atoms with E-state index in [1.165, 1.54) is 58.6 Å². The third-order valence-electron chi connectivity index (χ3n) is 11.2. The van der Waals surface area contributed by atoms with Gasteiger partial charge in [-0.15, -0.1) is 11.3 Å². The lowest BCUT2D eigenvalue weighted by atomic mass is 9.78. The summed E-state index contributed by atoms with van der Waals surface area (Å²) in [6.07, 6.45) is 0. The van der Waals surface area contributed by atoms with Crippen LogP contribution in [0.15, 0.2) is 164 Å². The molecule has 0 radical (unpaired) electrons. The Kier molecular flexibility index (Phi) is 6.77. The van der Waals surface area contributed by atoms with Crippen LogP contribution in [0, 0.1) is 0 Å². The van der Waals surface area contributed by atoms with Crippen LogP contribution in [0.5, 0.6) is 0 Å². The van der Waals surface area contributed by atoms with Gasteiger partial charge in [-0.25, -0.2) is 15.0 Å². The first-order chi connectivity index (χ1) is 26.5. The SMILES string of the molecule is CC1(C)c2c(-c3cc(-c4ccc(-c5nc6ccccc6c6c5sc5ccccc56)cc4)nc(-c4ccccc4)n3)cccc2-c2ccc3ccccc3c21. The Morgan fingerprint density at radius 1 is 0.463 bits per heavy atom. The first-order valence-corrected chi connectivity index (χ1v) is 19.3. The van der Waals surface area contributed by atoms with Crippen LogP contribution in [0.2, 0.25) is 0 Å². The van der Waals surface area contributed by atoms with Crippen molar-refractivity contribution in [3.63, 3.8) is 0 Å². The van der Waals surface area contributed by atoms with Crippen LogP contribution < -0.4 is 0 Å². The molecule has 4 heteroatoms. The second-order valence-electron chi connectivity index (χ2n) is 14.7. The number of nitrogens with zero attached hydrogens (tertiary/aromatic N) is 3. The average molecular weight is 708 g/mol. The van der Waals surface area contributed by atoms with Crippen molar-refractivity contribution in [1.82, 2.24) is 15.0 Å². The summed E-state index contributed by atoms with van der Waals surface area (Å²) in [7, 11) is 0. The number of hydrogen-bond acceptors (Lipinski definition) is 4. The van der Waals surface area contributed by atoms with Gasteiger partial charge in [0.25, 0.3) is 0 Å². The molecule has 0 fully saturated rings. The average Bonchev–Trinajstić information content (AvgIpc) is 3.74. The molecule has 3 nitrogen and oxygen atoms in total. The van der Waals surface area contributed by atoms with Gasteiger partial charge in [-0.05, 0) is 51.2 Å². The van der Waals surface area contributed by atoms with E-state index in [1.54, 1.807) is 0 Å². The Bertz CT molecular complexity index is 3120. The van der Waals surface area contributed by atoms with Crippen molar-refractivity contribution in [3.05, 3.63) is 175 Å². The van der Waals surface area contributed by atoms with Crippen LogP contribution in [0.4, 0.5) is 0 Å². The summed E-state index contributed by atoms with van der Waals surface area (Å²) >= 11 is 1.82. The van der Waals surface area contributed by atoms with Crippen molar-refractivity contribution in [1.29, 1.82) is 0 Å². The number of pyridine rings is 1. The third-order valence-corrected chi connectivity index (χ3v) is 12.4. The molecule has 0 unspecified atom stereocenters. The molecule has 254 valence electrons. The van der Waals surface area contributed by atoms with Gasteiger partial charge in [0, 0.05) is 48.5 Å². The van der Waals surface area contributed by atoms with Gasteiger partial charge < -0.3 is 0 Å². The lowest BCUT2D eigenvalue weighted by molar-refractivity contribution is 0.667. The van der Waals surface area contributed by atoms with Gasteiger partial charge in [0.05, 0.1) is 27.3 Å². The van der Waals surface area contributed by atoms with Gasteiger partial charge >= 0.3 is 0 Å². The van der Waals surface area contributed by atoms with Crippen molar-refractivity contribution in [2.75, 3.05) is 0 Å². The van der Waals surface area contributed by atoms with Crippen molar-refractivity contribution < 1.29 is 0 Å². The lowest BCUT2D eigenvalue weighted by Crippen LogP contribution is -2.17. The van der Waals surface area contributed by atoms with Gasteiger partial charge in [0.1, 0.15) is 0 Å². The smallest absolute Gasteiger partial charge is 0.160 e. The van der Waals surface area contributed by atoms with E-state index >= 15 is 0 Å². The maximum Gasteiger partial charge on any atom is 0.160 e. The summed E-state index contributed by atoms with van der Waals surface area (Å²) < 4.78 is 2.49. The molecule has 0 atom stereocenters. The van der Waals surface area contributed by atoms with E-state index in [0.29, 0.717) is 5.82 Å². The monoisotopic (exact) mass is 707 g/mol. The molecule has 10 aromatic rings. The zero-order valence-corrected chi connectivity index (χ0v) is 30.7. The van der Waals surface area contributed by atoms with Gasteiger partial charge in [-0.2, -0.15) is 0 Å². The first-order valence-electron chi connectivity index (χ1n) is 18.4. The number of rotatable bonds is 4. The molecule has 3 aromatic heterocycles. The third kappa shape index (κ3) is 4.63. The molecule has 1 aliphatic rings. The highest BCUT2D eigenvalue weighted by Gasteiger charge is 2.39. The number of para-hydroxylation sites is 1. The van der Waals surface area contributed by atoms with Crippen LogP contribution in [-0.2, 0) is 5.41 Å². The van der Waals surface area contributed by atoms with Gasteiger partial charge in [0.15, 0.2) is 5.82 Å². The molecule has 7 aromatic carbocycles. The first kappa shape index (κ1) is 31.1. The maximum absolute atomic E-state index is 5.30. The van der Waals surface area contributed by atoms with E-state index in [-0.39, 0.29) is 5.41 Å². The van der Waals surface area contributed by atoms with E-state index in [0.717, 1.165) is 44.9 Å². The highest BCUT2D eigenvalue weighted by molar-refractivity contribution is 7.26. The molecule has 0 saturated carbocycles. The molecular formula is C50H33N3S. The fraction of sp³-hybridized carbons (Fsp3) is 0.0600. The zero-order chi connectivity index (χ0) is 36.0. The Labute approximate surface area is 317 Å². The summed E-state index contributed by atoms with van der Waals surface area (Å²) in [6.45, 7) is 4.72. The van der Waals surface area contributed by atoms with Crippen molar-refractivity contribution in [3.8, 4) is 56.3 Å². The maximum atomic E-state index is 5.30. The molecule has 0 aliphatic heterocycles. The van der Waals surface area contributed by atoms with E-state index in [4.69, 9.17) is 15.0 Å². The van der Waals surface area contributed by atoms with E-state index in [2.05, 4.69) is 172 Å². The van der Waals surface area contributed by atoms with Crippen LogP contribution in [0.1, 0.15) is 25.0 Å². The largest absolute Gasteiger partial charge is 0.246 e. The Hall–Kier alpha value is -6.49. The van der Waals surface area contributed by atoms with Gasteiger partial charge in [-0.1, -0.05) is 159 Å². The lowest BCUT2D eigenvalue weighted by Gasteiger charge is -2.25. The molecule has 0 saturated heterocycles. The standard InChI is InChI=1S/C50H33N3S/c1-50(2)45-34-16-7-6-13-30(34)27-28-36(45)35-19-12-20-38(46(35)50)42-29-41(52-49(53-42)33-14-4-3-5-15-33)31-23-25-32(26-24-31)47-48-44(37-17-8-10-21-40(37)51-47)39-18-9-11-22-43(39)54-48/h3-29H,1-2H3. The van der Waals surface area contributed by atoms with E-state index < -0.39 is 0 Å². The number of thiophene rings is 1. The van der Waals surface area contributed by atoms with Crippen LogP contribution in [-0.4, -0.2) is 15.0 Å². The number of fused-ring (bicyclic) bond motifs is 10. The van der Waals surface area contributed by atoms with Gasteiger partial charge in [-0.3, -0.25) is 0 Å². The van der Waals surface area contributed by atoms with Crippen molar-refractivity contribution in [2.24, 2.45) is 0 Å². The normalized spacial score (nSPS) is 13.1. The van der Waals surface area contributed by atoms with E-state index in [1.807, 2.05) is 17.4 Å². The topological polar surface area (TPSA) is 38.7 Å². The fourth-order valence-electron chi connectivity index (χ4n) is 8.84. The molecule has 1 aliphatic carbocycles. The van der Waals surface area contributed by atoms with Crippen molar-refractivity contribution in [2.45, 2.75) is 19.3 Å². The summed E-state index contributed by atoms with van der Waals surface area (Å²) in [5, 5.41) is 6.33. The predicted octanol–water partition coefficient (Wildman–Crippen LogP) is 13.5. The van der Waals surface area contributed by atoms with Crippen LogP contribution >= 0.6 is 11.3 Å². The fourth-order valence-corrected chi connectivity index (χ4v) is 10.1. The molecule has 0 spiro atoms. The summed E-state index contributed by atoms with van der Waals surface area (Å²) in [6, 6.07) is 58.4. The molecule has 0 amide bonds. The highest BCUT2D eigenvalue weighted by atomic mass is 32.1. The minimum Gasteiger partial charge on any atom is -0.246 e. The van der Waals surface area contributed by atoms with E-state index in [9.17, 15) is 0 Å². The van der Waals surface area contributed by atoms with Crippen LogP contribution in [0.3, 0.4) is 0 Å². The number of hydrogen-bond donors (Lipinski definition) is 0. The Balaban J connectivity index is 1.08. The highest BCUT2D eigenvalue weighted by Crippen LogP contribution is 2.54. The number of benzene rings is 7. The zero-order valence-electron chi connectivity index (χ0n) is 29.8. The summed E-state index contributed by atoms with van der Waals surface area (Å²) in [4.78, 5) is 15.8. The van der Waals surface area contributed by atoms with Gasteiger partial charge in [0.2, 0.25) is 0 Å². The Morgan fingerprint density at radius 2 is 1.13 bits per heavy atom. The summed E-state index contributed by atoms with van der Waals surface area (Å²) in [5.41, 5.74) is 13.1. The quantitative estimate of drug-likeness (QED) is 0.183. The van der Waals surface area contributed by atoms with Crippen LogP contribution in [0.25, 0.3) is 98.1 Å². The Morgan fingerprint density at radius 3 is 1.98 bits per heavy atom. The second kappa shape index (κ2) is 11.8. The predicted molar refractivity (Wildman–Crippen MR) is 227 cm³/mol. The number of aromatic nitrogens is 3.